The number of anilines is 1. The molecule has 1 fully saturated rings. The third-order valence-electron chi connectivity index (χ3n) is 4.92. The van der Waals surface area contributed by atoms with Crippen LogP contribution in [0.4, 0.5) is 5.69 Å². The summed E-state index contributed by atoms with van der Waals surface area (Å²) in [6.45, 7) is 0. The Labute approximate surface area is 132 Å². The molecular formula is C18H24ClNO. The molecular weight excluding hydrogens is 282 g/mol. The third kappa shape index (κ3) is 3.79. The average Bonchev–Trinajstić information content (AvgIpc) is 2.92. The van der Waals surface area contributed by atoms with Crippen LogP contribution in [0, 0.1) is 5.92 Å². The highest BCUT2D eigenvalue weighted by molar-refractivity contribution is 6.20. The lowest BCUT2D eigenvalue weighted by molar-refractivity contribution is -0.116. The molecule has 1 N–H and O–H groups in total. The highest BCUT2D eigenvalue weighted by atomic mass is 35.5. The molecule has 1 atom stereocenters. The van der Waals surface area contributed by atoms with Crippen LogP contribution in [0.1, 0.15) is 67.9 Å². The van der Waals surface area contributed by atoms with Crippen molar-refractivity contribution in [3.05, 3.63) is 29.3 Å². The predicted molar refractivity (Wildman–Crippen MR) is 87.8 cm³/mol. The van der Waals surface area contributed by atoms with Gasteiger partial charge in [-0.25, -0.2) is 0 Å². The monoisotopic (exact) mass is 305 g/mol. The minimum Gasteiger partial charge on any atom is -0.326 e. The zero-order valence-electron chi connectivity index (χ0n) is 12.5. The summed E-state index contributed by atoms with van der Waals surface area (Å²) in [6.07, 6.45) is 10.4. The molecule has 1 aromatic rings. The molecule has 1 aliphatic carbocycles. The number of nitrogens with one attached hydrogen (secondary N) is 1. The Morgan fingerprint density at radius 1 is 1.19 bits per heavy atom. The first-order chi connectivity index (χ1) is 10.2. The first-order valence-corrected chi connectivity index (χ1v) is 8.73. The number of halogens is 1. The van der Waals surface area contributed by atoms with Crippen LogP contribution < -0.4 is 5.32 Å². The van der Waals surface area contributed by atoms with E-state index in [9.17, 15) is 4.79 Å². The minimum absolute atomic E-state index is 0.106. The van der Waals surface area contributed by atoms with E-state index in [1.807, 2.05) is 6.07 Å². The van der Waals surface area contributed by atoms with Gasteiger partial charge in [-0.15, -0.1) is 11.6 Å². The summed E-state index contributed by atoms with van der Waals surface area (Å²) in [5.74, 6) is 1.02. The van der Waals surface area contributed by atoms with E-state index >= 15 is 0 Å². The van der Waals surface area contributed by atoms with Crippen molar-refractivity contribution in [2.45, 2.75) is 63.2 Å². The van der Waals surface area contributed by atoms with Crippen LogP contribution in [0.2, 0.25) is 0 Å². The summed E-state index contributed by atoms with van der Waals surface area (Å²) in [4.78, 5) is 11.6. The van der Waals surface area contributed by atoms with Crippen LogP contribution >= 0.6 is 11.6 Å². The summed E-state index contributed by atoms with van der Waals surface area (Å²) in [5, 5.41) is 3.09. The number of rotatable bonds is 4. The number of alkyl halides is 1. The molecule has 0 bridgehead atoms. The Bertz CT molecular complexity index is 508. The van der Waals surface area contributed by atoms with E-state index in [-0.39, 0.29) is 11.3 Å². The Morgan fingerprint density at radius 2 is 2.00 bits per heavy atom. The Hall–Kier alpha value is -1.02. The van der Waals surface area contributed by atoms with Crippen molar-refractivity contribution in [1.29, 1.82) is 0 Å². The molecule has 2 nitrogen and oxygen atoms in total. The molecule has 3 rings (SSSR count). The lowest BCUT2D eigenvalue weighted by Crippen LogP contribution is -2.09. The summed E-state index contributed by atoms with van der Waals surface area (Å²) >= 11 is 6.61. The number of aryl methyl sites for hydroxylation is 1. The number of amides is 1. The average molecular weight is 306 g/mol. The Morgan fingerprint density at radius 3 is 2.81 bits per heavy atom. The van der Waals surface area contributed by atoms with E-state index in [1.165, 1.54) is 43.2 Å². The molecule has 3 heteroatoms. The lowest BCUT2D eigenvalue weighted by atomic mass is 9.96. The second kappa shape index (κ2) is 6.83. The van der Waals surface area contributed by atoms with Crippen molar-refractivity contribution in [1.82, 2.24) is 0 Å². The minimum atomic E-state index is 0.106. The second-order valence-electron chi connectivity index (χ2n) is 6.51. The van der Waals surface area contributed by atoms with Crippen molar-refractivity contribution < 1.29 is 4.79 Å². The Kier molecular flexibility index (Phi) is 4.84. The van der Waals surface area contributed by atoms with Gasteiger partial charge in [0.25, 0.3) is 0 Å². The fourth-order valence-corrected chi connectivity index (χ4v) is 3.90. The van der Waals surface area contributed by atoms with Gasteiger partial charge in [0.2, 0.25) is 5.91 Å². The van der Waals surface area contributed by atoms with E-state index in [2.05, 4.69) is 17.4 Å². The number of fused-ring (bicyclic) bond motifs is 1. The second-order valence-corrected chi connectivity index (χ2v) is 7.04. The molecule has 0 saturated heterocycles. The van der Waals surface area contributed by atoms with E-state index in [1.54, 1.807) is 0 Å². The number of benzene rings is 1. The maximum absolute atomic E-state index is 11.6. The van der Waals surface area contributed by atoms with Crippen LogP contribution in [-0.2, 0) is 11.2 Å². The van der Waals surface area contributed by atoms with Gasteiger partial charge in [-0.3, -0.25) is 4.79 Å². The highest BCUT2D eigenvalue weighted by Gasteiger charge is 2.19. The van der Waals surface area contributed by atoms with Gasteiger partial charge in [0.1, 0.15) is 0 Å². The van der Waals surface area contributed by atoms with E-state index in [0.29, 0.717) is 6.42 Å². The van der Waals surface area contributed by atoms with Crippen molar-refractivity contribution >= 4 is 23.2 Å². The summed E-state index contributed by atoms with van der Waals surface area (Å²) in [6, 6.07) is 6.31. The van der Waals surface area contributed by atoms with E-state index in [4.69, 9.17) is 11.6 Å². The maximum atomic E-state index is 11.6. The van der Waals surface area contributed by atoms with E-state index in [0.717, 1.165) is 30.9 Å². The fourth-order valence-electron chi connectivity index (χ4n) is 3.64. The smallest absolute Gasteiger partial charge is 0.224 e. The normalized spacial score (nSPS) is 20.7. The van der Waals surface area contributed by atoms with Crippen LogP contribution in [0.15, 0.2) is 18.2 Å². The van der Waals surface area contributed by atoms with Crippen molar-refractivity contribution in [3.8, 4) is 0 Å². The third-order valence-corrected chi connectivity index (χ3v) is 5.39. The van der Waals surface area contributed by atoms with Crippen LogP contribution in [0.3, 0.4) is 0 Å². The maximum Gasteiger partial charge on any atom is 0.224 e. The Balaban J connectivity index is 1.64. The SMILES string of the molecule is O=C1CCCc2cc(C(Cl)CCC3CCCC3)ccc2N1. The highest BCUT2D eigenvalue weighted by Crippen LogP contribution is 2.35. The van der Waals surface area contributed by atoms with Crippen molar-refractivity contribution in [2.24, 2.45) is 5.92 Å². The number of hydrogen-bond acceptors (Lipinski definition) is 1. The van der Waals surface area contributed by atoms with Crippen LogP contribution in [0.25, 0.3) is 0 Å². The fraction of sp³-hybridized carbons (Fsp3) is 0.611. The lowest BCUT2D eigenvalue weighted by Gasteiger charge is -2.15. The molecule has 114 valence electrons. The number of hydrogen-bond donors (Lipinski definition) is 1. The first-order valence-electron chi connectivity index (χ1n) is 8.29. The quantitative estimate of drug-likeness (QED) is 0.760. The van der Waals surface area contributed by atoms with Gasteiger partial charge in [0.05, 0.1) is 5.38 Å². The van der Waals surface area contributed by atoms with Gasteiger partial charge in [0, 0.05) is 12.1 Å². The molecule has 0 radical (unpaired) electrons. The number of carbonyl (C=O) groups excluding carboxylic acids is 1. The molecule has 1 unspecified atom stereocenters. The van der Waals surface area contributed by atoms with Gasteiger partial charge < -0.3 is 5.32 Å². The van der Waals surface area contributed by atoms with Gasteiger partial charge >= 0.3 is 0 Å². The molecule has 1 aliphatic heterocycles. The number of carbonyl (C=O) groups is 1. The molecule has 0 aromatic heterocycles. The van der Waals surface area contributed by atoms with Crippen LogP contribution in [-0.4, -0.2) is 5.91 Å². The van der Waals surface area contributed by atoms with Crippen LogP contribution in [0.5, 0.6) is 0 Å². The molecule has 1 heterocycles. The van der Waals surface area contributed by atoms with Gasteiger partial charge in [-0.2, -0.15) is 0 Å². The topological polar surface area (TPSA) is 29.1 Å². The molecule has 1 aromatic carbocycles. The molecule has 1 saturated carbocycles. The van der Waals surface area contributed by atoms with Gasteiger partial charge in [-0.05, 0) is 48.8 Å². The zero-order valence-corrected chi connectivity index (χ0v) is 13.3. The molecule has 2 aliphatic rings. The molecule has 1 amide bonds. The molecule has 21 heavy (non-hydrogen) atoms. The zero-order chi connectivity index (χ0) is 14.7. The van der Waals surface area contributed by atoms with Crippen molar-refractivity contribution in [3.63, 3.8) is 0 Å². The summed E-state index contributed by atoms with van der Waals surface area (Å²) < 4.78 is 0. The van der Waals surface area contributed by atoms with Gasteiger partial charge in [-0.1, -0.05) is 37.8 Å². The largest absolute Gasteiger partial charge is 0.326 e. The summed E-state index contributed by atoms with van der Waals surface area (Å²) in [7, 11) is 0. The van der Waals surface area contributed by atoms with Crippen molar-refractivity contribution in [2.75, 3.05) is 5.32 Å². The predicted octanol–water partition coefficient (Wildman–Crippen LogP) is 5.21. The van der Waals surface area contributed by atoms with E-state index < -0.39 is 0 Å². The summed E-state index contributed by atoms with van der Waals surface area (Å²) in [5.41, 5.74) is 3.43. The molecule has 0 spiro atoms. The standard InChI is InChI=1S/C18H24ClNO/c19-16(10-8-13-4-1-2-5-13)14-9-11-17-15(12-14)6-3-7-18(21)20-17/h9,11-13,16H,1-8,10H2,(H,20,21). The van der Waals surface area contributed by atoms with Gasteiger partial charge in [0.15, 0.2) is 0 Å². The first kappa shape index (κ1) is 14.9.